The van der Waals surface area contributed by atoms with Crippen LogP contribution in [0.3, 0.4) is 0 Å². The molecule has 0 N–H and O–H groups in total. The van der Waals surface area contributed by atoms with Crippen LogP contribution in [0.4, 0.5) is 0 Å². The summed E-state index contributed by atoms with van der Waals surface area (Å²) in [4.78, 5) is 20.5. The van der Waals surface area contributed by atoms with Crippen LogP contribution >= 0.6 is 22.7 Å². The van der Waals surface area contributed by atoms with E-state index in [2.05, 4.69) is 72.8 Å². The molecule has 0 atom stereocenters. The lowest BCUT2D eigenvalue weighted by atomic mass is 10.0. The summed E-state index contributed by atoms with van der Waals surface area (Å²) < 4.78 is 10.1. The van der Waals surface area contributed by atoms with Crippen LogP contribution in [-0.2, 0) is 0 Å². The normalized spacial score (nSPS) is 11.8. The van der Waals surface area contributed by atoms with Gasteiger partial charge in [-0.15, -0.1) is 22.7 Å². The number of para-hydroxylation sites is 1. The lowest BCUT2D eigenvalue weighted by Crippen LogP contribution is -2.00. The topological polar surface area (TPSA) is 64.7 Å². The minimum absolute atomic E-state index is 0.595. The Morgan fingerprint density at radius 2 is 1.00 bits per heavy atom. The molecule has 0 aliphatic carbocycles. The Labute approximate surface area is 276 Å². The van der Waals surface area contributed by atoms with Gasteiger partial charge in [-0.1, -0.05) is 97.1 Å². The molecule has 0 aliphatic heterocycles. The molecule has 0 saturated carbocycles. The van der Waals surface area contributed by atoms with Crippen molar-refractivity contribution in [3.63, 3.8) is 0 Å². The van der Waals surface area contributed by atoms with Crippen molar-refractivity contribution in [2.75, 3.05) is 0 Å². The van der Waals surface area contributed by atoms with Gasteiger partial charge in [0, 0.05) is 53.2 Å². The van der Waals surface area contributed by atoms with Crippen molar-refractivity contribution >= 4 is 75.0 Å². The van der Waals surface area contributed by atoms with Crippen molar-refractivity contribution in [3.05, 3.63) is 133 Å². The van der Waals surface area contributed by atoms with Crippen LogP contribution in [0, 0.1) is 0 Å². The average Bonchev–Trinajstić information content (AvgIpc) is 3.85. The third kappa shape index (κ3) is 4.21. The second-order valence-corrected chi connectivity index (χ2v) is 13.5. The zero-order chi connectivity index (χ0) is 30.9. The first-order chi connectivity index (χ1) is 23.3. The van der Waals surface area contributed by atoms with Crippen molar-refractivity contribution < 1.29 is 4.42 Å². The Balaban J connectivity index is 1.27. The summed E-state index contributed by atoms with van der Waals surface area (Å²) in [5.74, 6) is 1.86. The summed E-state index contributed by atoms with van der Waals surface area (Å²) in [6.07, 6.45) is 0. The summed E-state index contributed by atoms with van der Waals surface area (Å²) in [6.45, 7) is 0. The van der Waals surface area contributed by atoms with Crippen molar-refractivity contribution in [1.82, 2.24) is 19.9 Å². The zero-order valence-corrected chi connectivity index (χ0v) is 26.3. The number of furan rings is 1. The van der Waals surface area contributed by atoms with Crippen LogP contribution in [0.5, 0.6) is 0 Å². The van der Waals surface area contributed by atoms with E-state index in [9.17, 15) is 0 Å². The van der Waals surface area contributed by atoms with Crippen LogP contribution in [0.1, 0.15) is 0 Å². The maximum absolute atomic E-state index is 6.48. The molecule has 0 spiro atoms. The van der Waals surface area contributed by atoms with Gasteiger partial charge in [0.25, 0.3) is 0 Å². The first-order valence-corrected chi connectivity index (χ1v) is 16.9. The summed E-state index contributed by atoms with van der Waals surface area (Å²) in [7, 11) is 0. The summed E-state index contributed by atoms with van der Waals surface area (Å²) in [6, 6.07) is 45.6. The smallest absolute Gasteiger partial charge is 0.164 e. The first-order valence-electron chi connectivity index (χ1n) is 15.3. The Morgan fingerprint density at radius 3 is 1.79 bits per heavy atom. The van der Waals surface area contributed by atoms with Gasteiger partial charge in [0.1, 0.15) is 16.2 Å². The minimum atomic E-state index is 0.595. The highest BCUT2D eigenvalue weighted by Crippen LogP contribution is 2.44. The average molecular weight is 639 g/mol. The second-order valence-electron chi connectivity index (χ2n) is 11.4. The predicted octanol–water partition coefficient (Wildman–Crippen LogP) is 11.4. The lowest BCUT2D eigenvalue weighted by Gasteiger charge is -2.10. The quantitative estimate of drug-likeness (QED) is 0.192. The van der Waals surface area contributed by atoms with Gasteiger partial charge in [-0.25, -0.2) is 19.9 Å². The van der Waals surface area contributed by atoms with Gasteiger partial charge in [-0.05, 0) is 36.4 Å². The van der Waals surface area contributed by atoms with E-state index < -0.39 is 0 Å². The van der Waals surface area contributed by atoms with Crippen molar-refractivity contribution in [2.24, 2.45) is 0 Å². The number of benzene rings is 6. The monoisotopic (exact) mass is 638 g/mol. The fraction of sp³-hybridized carbons (Fsp3) is 0. The number of hydrogen-bond acceptors (Lipinski definition) is 7. The van der Waals surface area contributed by atoms with Gasteiger partial charge in [0.2, 0.25) is 0 Å². The van der Waals surface area contributed by atoms with Gasteiger partial charge in [-0.3, -0.25) is 0 Å². The Bertz CT molecular complexity index is 2780. The van der Waals surface area contributed by atoms with Crippen molar-refractivity contribution in [3.8, 4) is 44.7 Å². The SMILES string of the molecule is c1ccc(-c2nc(-c3cccc4sc5ccccc5c34)nc(-c3cccc4oc5cccc(-c6nc7ccccc7s6)c5c34)n2)cc1. The van der Waals surface area contributed by atoms with E-state index in [1.165, 1.54) is 14.8 Å². The van der Waals surface area contributed by atoms with Gasteiger partial charge >= 0.3 is 0 Å². The number of nitrogens with zero attached hydrogens (tertiary/aromatic N) is 4. The molecule has 0 radical (unpaired) electrons. The molecule has 4 aromatic heterocycles. The van der Waals surface area contributed by atoms with E-state index >= 15 is 0 Å². The predicted molar refractivity (Wildman–Crippen MR) is 195 cm³/mol. The lowest BCUT2D eigenvalue weighted by molar-refractivity contribution is 0.669. The Kier molecular flexibility index (Phi) is 5.85. The van der Waals surface area contributed by atoms with Crippen LogP contribution in [0.15, 0.2) is 138 Å². The third-order valence-corrected chi connectivity index (χ3v) is 10.8. The molecule has 7 heteroatoms. The third-order valence-electron chi connectivity index (χ3n) is 8.60. The largest absolute Gasteiger partial charge is 0.456 e. The summed E-state index contributed by atoms with van der Waals surface area (Å²) in [5, 5.41) is 5.29. The van der Waals surface area contributed by atoms with Crippen LogP contribution < -0.4 is 0 Å². The highest BCUT2D eigenvalue weighted by Gasteiger charge is 2.22. The maximum Gasteiger partial charge on any atom is 0.164 e. The van der Waals surface area contributed by atoms with Gasteiger partial charge in [-0.2, -0.15) is 0 Å². The number of aromatic nitrogens is 4. The van der Waals surface area contributed by atoms with Crippen LogP contribution in [-0.4, -0.2) is 19.9 Å². The van der Waals surface area contributed by atoms with E-state index in [-0.39, 0.29) is 0 Å². The molecule has 0 unspecified atom stereocenters. The Hall–Kier alpha value is -5.76. The van der Waals surface area contributed by atoms with E-state index in [0.717, 1.165) is 64.8 Å². The number of thiazole rings is 1. The molecule has 10 aromatic rings. The van der Waals surface area contributed by atoms with Gasteiger partial charge in [0.05, 0.1) is 10.2 Å². The molecule has 0 saturated heterocycles. The van der Waals surface area contributed by atoms with Crippen LogP contribution in [0.2, 0.25) is 0 Å². The van der Waals surface area contributed by atoms with E-state index in [4.69, 9.17) is 24.4 Å². The molecule has 220 valence electrons. The van der Waals surface area contributed by atoms with Crippen molar-refractivity contribution in [1.29, 1.82) is 0 Å². The first kappa shape index (κ1) is 26.5. The summed E-state index contributed by atoms with van der Waals surface area (Å²) in [5.41, 5.74) is 6.40. The molecular weight excluding hydrogens is 617 g/mol. The Morgan fingerprint density at radius 1 is 0.404 bits per heavy atom. The van der Waals surface area contributed by atoms with E-state index in [0.29, 0.717) is 17.5 Å². The molecule has 5 nitrogen and oxygen atoms in total. The van der Waals surface area contributed by atoms with Crippen molar-refractivity contribution in [2.45, 2.75) is 0 Å². The number of fused-ring (bicyclic) bond motifs is 7. The second kappa shape index (κ2) is 10.4. The van der Waals surface area contributed by atoms with Crippen LogP contribution in [0.25, 0.3) is 97.1 Å². The maximum atomic E-state index is 6.48. The molecule has 47 heavy (non-hydrogen) atoms. The molecule has 4 heterocycles. The molecule has 0 amide bonds. The highest BCUT2D eigenvalue weighted by molar-refractivity contribution is 7.26. The minimum Gasteiger partial charge on any atom is -0.456 e. The highest BCUT2D eigenvalue weighted by atomic mass is 32.1. The fourth-order valence-corrected chi connectivity index (χ4v) is 8.64. The van der Waals surface area contributed by atoms with Gasteiger partial charge < -0.3 is 4.42 Å². The fourth-order valence-electron chi connectivity index (χ4n) is 6.51. The van der Waals surface area contributed by atoms with E-state index in [1.807, 2.05) is 60.7 Å². The number of hydrogen-bond donors (Lipinski definition) is 0. The molecule has 6 aromatic carbocycles. The standard InChI is InChI=1S/C40H22N4OS2/c1-2-11-23(12-3-1)37-42-38(25-15-10-22-33-34(25)24-13-4-6-20-31(24)46-33)44-39(43-37)26-14-8-18-29-35(26)36-27(16-9-19-30(36)45-29)40-41-28-17-5-7-21-32(28)47-40/h1-22H. The zero-order valence-electron chi connectivity index (χ0n) is 24.7. The number of rotatable bonds is 4. The molecule has 0 aliphatic rings. The molecular formula is C40H22N4OS2. The molecule has 0 bridgehead atoms. The molecule has 0 fully saturated rings. The van der Waals surface area contributed by atoms with E-state index in [1.54, 1.807) is 22.7 Å². The van der Waals surface area contributed by atoms with Gasteiger partial charge in [0.15, 0.2) is 17.5 Å². The summed E-state index contributed by atoms with van der Waals surface area (Å²) >= 11 is 3.48. The molecule has 10 rings (SSSR count). The number of thiophene rings is 1.